The standard InChI is InChI=1S/C18H17NO3/c1-12-5-3-4-6-17(12)22-11-13-9-15-14(18(20)21-2)7-8-19-16(15)10-13/h3-8,10H,9,11H2,1-2H3. The molecule has 0 bridgehead atoms. The Hall–Kier alpha value is -2.62. The Morgan fingerprint density at radius 1 is 1.27 bits per heavy atom. The van der Waals surface area contributed by atoms with Gasteiger partial charge in [-0.25, -0.2) is 4.79 Å². The predicted molar refractivity (Wildman–Crippen MR) is 83.9 cm³/mol. The van der Waals surface area contributed by atoms with Gasteiger partial charge in [-0.05, 0) is 41.8 Å². The average Bonchev–Trinajstić information content (AvgIpc) is 2.96. The van der Waals surface area contributed by atoms with Crippen molar-refractivity contribution >= 4 is 12.0 Å². The summed E-state index contributed by atoms with van der Waals surface area (Å²) in [6, 6.07) is 9.61. The Bertz CT molecular complexity index is 750. The van der Waals surface area contributed by atoms with Gasteiger partial charge in [0, 0.05) is 12.6 Å². The fraction of sp³-hybridized carbons (Fsp3) is 0.222. The number of benzene rings is 1. The summed E-state index contributed by atoms with van der Waals surface area (Å²) in [7, 11) is 1.39. The number of aryl methyl sites for hydroxylation is 1. The molecule has 112 valence electrons. The second-order valence-electron chi connectivity index (χ2n) is 5.25. The van der Waals surface area contributed by atoms with Crippen LogP contribution in [0.4, 0.5) is 0 Å². The Balaban J connectivity index is 1.74. The van der Waals surface area contributed by atoms with Crippen LogP contribution in [0, 0.1) is 6.92 Å². The molecule has 0 radical (unpaired) electrons. The van der Waals surface area contributed by atoms with Crippen LogP contribution in [-0.4, -0.2) is 24.7 Å². The highest BCUT2D eigenvalue weighted by molar-refractivity contribution is 5.92. The van der Waals surface area contributed by atoms with Crippen LogP contribution in [0.5, 0.6) is 5.75 Å². The number of hydrogen-bond acceptors (Lipinski definition) is 4. The fourth-order valence-electron chi connectivity index (χ4n) is 2.57. The van der Waals surface area contributed by atoms with Crippen molar-refractivity contribution in [3.8, 4) is 5.75 Å². The van der Waals surface area contributed by atoms with E-state index in [0.717, 1.165) is 28.1 Å². The Kier molecular flexibility index (Phi) is 3.92. The molecule has 1 aromatic carbocycles. The van der Waals surface area contributed by atoms with E-state index in [1.165, 1.54) is 7.11 Å². The summed E-state index contributed by atoms with van der Waals surface area (Å²) in [6.07, 6.45) is 4.28. The highest BCUT2D eigenvalue weighted by Gasteiger charge is 2.21. The third kappa shape index (κ3) is 2.72. The largest absolute Gasteiger partial charge is 0.489 e. The van der Waals surface area contributed by atoms with E-state index in [0.29, 0.717) is 18.6 Å². The normalized spacial score (nSPS) is 12.5. The molecule has 22 heavy (non-hydrogen) atoms. The van der Waals surface area contributed by atoms with Gasteiger partial charge in [0.2, 0.25) is 0 Å². The first kappa shape index (κ1) is 14.3. The van der Waals surface area contributed by atoms with Gasteiger partial charge < -0.3 is 9.47 Å². The highest BCUT2D eigenvalue weighted by Crippen LogP contribution is 2.27. The lowest BCUT2D eigenvalue weighted by Crippen LogP contribution is -2.08. The van der Waals surface area contributed by atoms with Crippen molar-refractivity contribution in [3.63, 3.8) is 0 Å². The second-order valence-corrected chi connectivity index (χ2v) is 5.25. The monoisotopic (exact) mass is 295 g/mol. The van der Waals surface area contributed by atoms with E-state index in [4.69, 9.17) is 9.47 Å². The molecule has 4 heteroatoms. The van der Waals surface area contributed by atoms with Crippen LogP contribution >= 0.6 is 0 Å². The topological polar surface area (TPSA) is 48.4 Å². The average molecular weight is 295 g/mol. The minimum absolute atomic E-state index is 0.326. The molecule has 0 amide bonds. The molecule has 0 saturated heterocycles. The van der Waals surface area contributed by atoms with E-state index in [2.05, 4.69) is 4.98 Å². The number of nitrogens with zero attached hydrogens (tertiary/aromatic N) is 1. The molecule has 2 aromatic rings. The molecule has 3 rings (SSSR count). The third-order valence-corrected chi connectivity index (χ3v) is 3.75. The molecule has 0 N–H and O–H groups in total. The van der Waals surface area contributed by atoms with Crippen LogP contribution in [0.25, 0.3) is 6.08 Å². The number of fused-ring (bicyclic) bond motifs is 1. The Labute approximate surface area is 129 Å². The van der Waals surface area contributed by atoms with Gasteiger partial charge in [-0.1, -0.05) is 18.2 Å². The van der Waals surface area contributed by atoms with E-state index in [9.17, 15) is 4.79 Å². The van der Waals surface area contributed by atoms with Crippen molar-refractivity contribution in [2.24, 2.45) is 0 Å². The molecule has 1 aromatic heterocycles. The van der Waals surface area contributed by atoms with E-state index in [1.807, 2.05) is 37.3 Å². The van der Waals surface area contributed by atoms with E-state index < -0.39 is 0 Å². The van der Waals surface area contributed by atoms with Crippen LogP contribution in [-0.2, 0) is 11.2 Å². The van der Waals surface area contributed by atoms with Gasteiger partial charge >= 0.3 is 5.97 Å². The Morgan fingerprint density at radius 3 is 2.86 bits per heavy atom. The van der Waals surface area contributed by atoms with Crippen molar-refractivity contribution in [1.29, 1.82) is 0 Å². The molecular formula is C18H17NO3. The summed E-state index contributed by atoms with van der Waals surface area (Å²) in [5, 5.41) is 0. The molecule has 0 aliphatic heterocycles. The number of methoxy groups -OCH3 is 1. The number of hydrogen-bond donors (Lipinski definition) is 0. The van der Waals surface area contributed by atoms with Crippen LogP contribution in [0.2, 0.25) is 0 Å². The van der Waals surface area contributed by atoms with Crippen molar-refractivity contribution in [1.82, 2.24) is 4.98 Å². The number of ether oxygens (including phenoxy) is 2. The molecule has 0 unspecified atom stereocenters. The lowest BCUT2D eigenvalue weighted by molar-refractivity contribution is 0.0599. The number of esters is 1. The van der Waals surface area contributed by atoms with Gasteiger partial charge in [0.1, 0.15) is 12.4 Å². The zero-order valence-electron chi connectivity index (χ0n) is 12.6. The van der Waals surface area contributed by atoms with Crippen molar-refractivity contribution in [3.05, 3.63) is 64.5 Å². The fourth-order valence-corrected chi connectivity index (χ4v) is 2.57. The SMILES string of the molecule is COC(=O)c1ccnc2c1CC(COc1ccccc1C)=C2. The summed E-state index contributed by atoms with van der Waals surface area (Å²) >= 11 is 0. The van der Waals surface area contributed by atoms with Crippen LogP contribution < -0.4 is 4.74 Å². The molecule has 0 saturated carbocycles. The summed E-state index contributed by atoms with van der Waals surface area (Å²) in [4.78, 5) is 16.1. The number of para-hydroxylation sites is 1. The summed E-state index contributed by atoms with van der Waals surface area (Å²) in [6.45, 7) is 2.51. The lowest BCUT2D eigenvalue weighted by atomic mass is 10.1. The number of carbonyl (C=O) groups is 1. The molecule has 1 aliphatic rings. The first-order valence-corrected chi connectivity index (χ1v) is 7.13. The van der Waals surface area contributed by atoms with Crippen LogP contribution in [0.15, 0.2) is 42.1 Å². The number of aromatic nitrogens is 1. The highest BCUT2D eigenvalue weighted by atomic mass is 16.5. The first-order valence-electron chi connectivity index (χ1n) is 7.13. The van der Waals surface area contributed by atoms with Gasteiger partial charge in [-0.3, -0.25) is 4.98 Å². The molecule has 0 fully saturated rings. The van der Waals surface area contributed by atoms with Crippen molar-refractivity contribution < 1.29 is 14.3 Å². The summed E-state index contributed by atoms with van der Waals surface area (Å²) < 4.78 is 10.7. The zero-order chi connectivity index (χ0) is 15.5. The smallest absolute Gasteiger partial charge is 0.338 e. The van der Waals surface area contributed by atoms with Gasteiger partial charge in [0.25, 0.3) is 0 Å². The minimum atomic E-state index is -0.326. The number of pyridine rings is 1. The second kappa shape index (κ2) is 6.02. The third-order valence-electron chi connectivity index (χ3n) is 3.75. The maximum Gasteiger partial charge on any atom is 0.338 e. The Morgan fingerprint density at radius 2 is 2.09 bits per heavy atom. The molecule has 4 nitrogen and oxygen atoms in total. The minimum Gasteiger partial charge on any atom is -0.489 e. The van der Waals surface area contributed by atoms with Crippen LogP contribution in [0.1, 0.15) is 27.2 Å². The van der Waals surface area contributed by atoms with Gasteiger partial charge in [-0.15, -0.1) is 0 Å². The van der Waals surface area contributed by atoms with Crippen molar-refractivity contribution in [2.75, 3.05) is 13.7 Å². The summed E-state index contributed by atoms with van der Waals surface area (Å²) in [5.41, 5.74) is 4.52. The molecule has 0 atom stereocenters. The van der Waals surface area contributed by atoms with E-state index in [-0.39, 0.29) is 5.97 Å². The van der Waals surface area contributed by atoms with Crippen LogP contribution in [0.3, 0.4) is 0 Å². The zero-order valence-corrected chi connectivity index (χ0v) is 12.6. The maximum atomic E-state index is 11.8. The molecular weight excluding hydrogens is 278 g/mol. The lowest BCUT2D eigenvalue weighted by Gasteiger charge is -2.09. The van der Waals surface area contributed by atoms with E-state index in [1.54, 1.807) is 12.3 Å². The predicted octanol–water partition coefficient (Wildman–Crippen LogP) is 3.20. The number of rotatable bonds is 4. The van der Waals surface area contributed by atoms with Gasteiger partial charge in [-0.2, -0.15) is 0 Å². The molecule has 0 spiro atoms. The van der Waals surface area contributed by atoms with Gasteiger partial charge in [0.15, 0.2) is 0 Å². The molecule has 1 aliphatic carbocycles. The number of carbonyl (C=O) groups excluding carboxylic acids is 1. The maximum absolute atomic E-state index is 11.8. The summed E-state index contributed by atoms with van der Waals surface area (Å²) in [5.74, 6) is 0.550. The van der Waals surface area contributed by atoms with E-state index >= 15 is 0 Å². The van der Waals surface area contributed by atoms with Crippen molar-refractivity contribution in [2.45, 2.75) is 13.3 Å². The first-order chi connectivity index (χ1) is 10.7. The van der Waals surface area contributed by atoms with Gasteiger partial charge in [0.05, 0.1) is 18.4 Å². The quantitative estimate of drug-likeness (QED) is 0.813. The molecule has 1 heterocycles.